The Kier molecular flexibility index (Phi) is 5.00. The number of nitrogens with zero attached hydrogens (tertiary/aromatic N) is 4. The highest BCUT2D eigenvalue weighted by Gasteiger charge is 2.22. The molecule has 6 heteroatoms. The van der Waals surface area contributed by atoms with Gasteiger partial charge in [-0.3, -0.25) is 9.89 Å². The molecule has 0 unspecified atom stereocenters. The normalized spacial score (nSPS) is 17.7. The van der Waals surface area contributed by atoms with Crippen LogP contribution in [0.25, 0.3) is 0 Å². The van der Waals surface area contributed by atoms with Crippen LogP contribution in [0.15, 0.2) is 23.3 Å². The zero-order chi connectivity index (χ0) is 18.1. The topological polar surface area (TPSA) is 41.4 Å². The molecule has 2 aliphatic heterocycles. The number of aliphatic imine (C=N–C) groups is 1. The smallest absolute Gasteiger partial charge is 0.173 e. The Morgan fingerprint density at radius 1 is 1.23 bits per heavy atom. The zero-order valence-corrected chi connectivity index (χ0v) is 15.7. The molecule has 136 valence electrons. The largest absolute Gasteiger partial charge is 0.294 e. The van der Waals surface area contributed by atoms with Crippen LogP contribution in [-0.2, 0) is 19.5 Å². The summed E-state index contributed by atoms with van der Waals surface area (Å²) in [6.07, 6.45) is 6.03. The second kappa shape index (κ2) is 7.41. The van der Waals surface area contributed by atoms with Crippen molar-refractivity contribution in [1.82, 2.24) is 14.9 Å². The van der Waals surface area contributed by atoms with E-state index in [9.17, 15) is 4.39 Å². The molecular formula is C20H22ClFN4. The van der Waals surface area contributed by atoms with Crippen LogP contribution in [0.1, 0.15) is 47.5 Å². The van der Waals surface area contributed by atoms with Gasteiger partial charge in [-0.15, -0.1) is 0 Å². The van der Waals surface area contributed by atoms with Gasteiger partial charge in [-0.25, -0.2) is 14.4 Å². The molecule has 0 radical (unpaired) electrons. The summed E-state index contributed by atoms with van der Waals surface area (Å²) in [7, 11) is 0. The van der Waals surface area contributed by atoms with Gasteiger partial charge < -0.3 is 0 Å². The Morgan fingerprint density at radius 2 is 2.12 bits per heavy atom. The van der Waals surface area contributed by atoms with E-state index < -0.39 is 0 Å². The average Bonchev–Trinajstić information content (AvgIpc) is 2.68. The van der Waals surface area contributed by atoms with E-state index in [0.717, 1.165) is 67.1 Å². The van der Waals surface area contributed by atoms with Crippen molar-refractivity contribution >= 4 is 17.3 Å². The molecule has 3 heterocycles. The first kappa shape index (κ1) is 17.6. The van der Waals surface area contributed by atoms with E-state index in [2.05, 4.69) is 14.9 Å². The van der Waals surface area contributed by atoms with Gasteiger partial charge in [0.15, 0.2) is 5.82 Å². The first-order valence-electron chi connectivity index (χ1n) is 9.16. The van der Waals surface area contributed by atoms with Crippen LogP contribution in [0.3, 0.4) is 0 Å². The lowest BCUT2D eigenvalue weighted by Crippen LogP contribution is -2.32. The van der Waals surface area contributed by atoms with E-state index in [1.807, 2.05) is 13.1 Å². The molecule has 0 fully saturated rings. The van der Waals surface area contributed by atoms with Crippen molar-refractivity contribution < 1.29 is 4.39 Å². The summed E-state index contributed by atoms with van der Waals surface area (Å²) in [6, 6.07) is 3.21. The molecular weight excluding hydrogens is 351 g/mol. The van der Waals surface area contributed by atoms with E-state index in [0.29, 0.717) is 23.7 Å². The Labute approximate surface area is 158 Å². The number of hydrogen-bond acceptors (Lipinski definition) is 4. The first-order valence-corrected chi connectivity index (χ1v) is 9.54. The summed E-state index contributed by atoms with van der Waals surface area (Å²) < 4.78 is 14.2. The van der Waals surface area contributed by atoms with Crippen LogP contribution >= 0.6 is 11.6 Å². The van der Waals surface area contributed by atoms with E-state index >= 15 is 0 Å². The second-order valence-corrected chi connectivity index (χ2v) is 7.45. The van der Waals surface area contributed by atoms with Gasteiger partial charge in [0.1, 0.15) is 5.82 Å². The standard InChI is InChI=1S/C20H22ClFN4/c1-13-5-6-16(22)15(19(13)21)12-26-9-7-17-14(11-26)10-24-20(25-17)18-4-2-3-8-23-18/h5-6,10H,2-4,7-9,11-12H2,1H3. The summed E-state index contributed by atoms with van der Waals surface area (Å²) in [5.41, 5.74) is 4.72. The Morgan fingerprint density at radius 3 is 2.92 bits per heavy atom. The fraction of sp³-hybridized carbons (Fsp3) is 0.450. The lowest BCUT2D eigenvalue weighted by molar-refractivity contribution is 0.239. The Bertz CT molecular complexity index is 865. The SMILES string of the molecule is Cc1ccc(F)c(CN2CCc3nc(C4=NCCCC4)ncc3C2)c1Cl. The lowest BCUT2D eigenvalue weighted by atomic mass is 10.0. The summed E-state index contributed by atoms with van der Waals surface area (Å²) in [5, 5.41) is 0.526. The molecule has 1 aromatic heterocycles. The van der Waals surface area contributed by atoms with Crippen molar-refractivity contribution in [2.24, 2.45) is 4.99 Å². The van der Waals surface area contributed by atoms with Crippen LogP contribution in [0, 0.1) is 12.7 Å². The van der Waals surface area contributed by atoms with Crippen LogP contribution in [0.5, 0.6) is 0 Å². The minimum atomic E-state index is -0.242. The van der Waals surface area contributed by atoms with Gasteiger partial charge in [-0.1, -0.05) is 17.7 Å². The lowest BCUT2D eigenvalue weighted by Gasteiger charge is -2.28. The molecule has 4 rings (SSSR count). The van der Waals surface area contributed by atoms with Crippen LogP contribution in [0.4, 0.5) is 4.39 Å². The number of rotatable bonds is 3. The predicted octanol–water partition coefficient (Wildman–Crippen LogP) is 4.11. The maximum absolute atomic E-state index is 14.2. The third-order valence-electron chi connectivity index (χ3n) is 5.16. The molecule has 4 nitrogen and oxygen atoms in total. The van der Waals surface area contributed by atoms with Crippen molar-refractivity contribution in [2.45, 2.75) is 45.7 Å². The molecule has 0 N–H and O–H groups in total. The van der Waals surface area contributed by atoms with E-state index in [1.54, 1.807) is 6.07 Å². The highest BCUT2D eigenvalue weighted by Crippen LogP contribution is 2.27. The summed E-state index contributed by atoms with van der Waals surface area (Å²) in [4.78, 5) is 16.1. The van der Waals surface area contributed by atoms with Gasteiger partial charge in [0.25, 0.3) is 0 Å². The zero-order valence-electron chi connectivity index (χ0n) is 14.9. The van der Waals surface area contributed by atoms with Gasteiger partial charge in [0.2, 0.25) is 0 Å². The molecule has 1 aromatic carbocycles. The van der Waals surface area contributed by atoms with Crippen molar-refractivity contribution in [2.75, 3.05) is 13.1 Å². The van der Waals surface area contributed by atoms with Crippen molar-refractivity contribution in [3.63, 3.8) is 0 Å². The predicted molar refractivity (Wildman–Crippen MR) is 101 cm³/mol. The number of aromatic nitrogens is 2. The monoisotopic (exact) mass is 372 g/mol. The van der Waals surface area contributed by atoms with E-state index in [1.165, 1.54) is 6.07 Å². The molecule has 0 amide bonds. The Balaban J connectivity index is 1.52. The molecule has 2 aliphatic rings. The maximum Gasteiger partial charge on any atom is 0.173 e. The van der Waals surface area contributed by atoms with Gasteiger partial charge in [0, 0.05) is 49.9 Å². The van der Waals surface area contributed by atoms with Gasteiger partial charge in [-0.05, 0) is 37.8 Å². The Hall–Kier alpha value is -1.85. The fourth-order valence-corrected chi connectivity index (χ4v) is 3.82. The molecule has 0 saturated heterocycles. The molecule has 2 aromatic rings. The van der Waals surface area contributed by atoms with Gasteiger partial charge in [-0.2, -0.15) is 0 Å². The van der Waals surface area contributed by atoms with Crippen molar-refractivity contribution in [3.05, 3.63) is 57.4 Å². The number of halogens is 2. The van der Waals surface area contributed by atoms with Crippen LogP contribution in [0.2, 0.25) is 5.02 Å². The number of hydrogen-bond donors (Lipinski definition) is 0. The molecule has 0 aliphatic carbocycles. The first-order chi connectivity index (χ1) is 12.6. The highest BCUT2D eigenvalue weighted by molar-refractivity contribution is 6.32. The summed E-state index contributed by atoms with van der Waals surface area (Å²) in [5.74, 6) is 0.540. The number of benzene rings is 1. The average molecular weight is 373 g/mol. The minimum absolute atomic E-state index is 0.242. The highest BCUT2D eigenvalue weighted by atomic mass is 35.5. The molecule has 0 saturated carbocycles. The molecule has 0 bridgehead atoms. The molecule has 0 spiro atoms. The van der Waals surface area contributed by atoms with Crippen molar-refractivity contribution in [3.8, 4) is 0 Å². The fourth-order valence-electron chi connectivity index (χ4n) is 3.61. The number of aryl methyl sites for hydroxylation is 1. The van der Waals surface area contributed by atoms with Crippen molar-refractivity contribution in [1.29, 1.82) is 0 Å². The summed E-state index contributed by atoms with van der Waals surface area (Å²) in [6.45, 7) is 4.83. The third-order valence-corrected chi connectivity index (χ3v) is 5.68. The summed E-state index contributed by atoms with van der Waals surface area (Å²) >= 11 is 6.32. The molecule has 0 atom stereocenters. The number of fused-ring (bicyclic) bond motifs is 1. The van der Waals surface area contributed by atoms with Gasteiger partial charge >= 0.3 is 0 Å². The maximum atomic E-state index is 14.2. The quantitative estimate of drug-likeness (QED) is 0.814. The van der Waals surface area contributed by atoms with Crippen LogP contribution in [-0.4, -0.2) is 33.7 Å². The van der Waals surface area contributed by atoms with E-state index in [4.69, 9.17) is 16.6 Å². The van der Waals surface area contributed by atoms with E-state index in [-0.39, 0.29) is 5.82 Å². The molecule has 26 heavy (non-hydrogen) atoms. The van der Waals surface area contributed by atoms with Gasteiger partial charge in [0.05, 0.1) is 16.4 Å². The third kappa shape index (κ3) is 3.51. The second-order valence-electron chi connectivity index (χ2n) is 7.07. The van der Waals surface area contributed by atoms with Crippen LogP contribution < -0.4 is 0 Å². The minimum Gasteiger partial charge on any atom is -0.294 e.